The number of carbonyl (C=O) groups excluding carboxylic acids is 1. The molecule has 0 unspecified atom stereocenters. The van der Waals surface area contributed by atoms with E-state index in [0.29, 0.717) is 12.5 Å². The van der Waals surface area contributed by atoms with Crippen LogP contribution < -0.4 is 19.9 Å². The smallest absolute Gasteiger partial charge is 0.275 e. The second-order valence-electron chi connectivity index (χ2n) is 8.50. The molecule has 1 amide bonds. The summed E-state index contributed by atoms with van der Waals surface area (Å²) in [5, 5.41) is 3.29. The summed E-state index contributed by atoms with van der Waals surface area (Å²) in [7, 11) is 1.70. The number of ether oxygens (including phenoxy) is 1. The standard InChI is InChI=1S/C25H35N3O2/c1-5-20-9-11-21(12-10-20)25(19(2)3)26-24(29)18-27-13-15-28(16-14-27)22-7-6-8-23(17-22)30-4/h6-12,17,19,25H,5,13-16,18H2,1-4H3,(H,26,29)/p+1/t25-/m1/s1. The molecule has 5 heteroatoms. The summed E-state index contributed by atoms with van der Waals surface area (Å²) < 4.78 is 5.34. The van der Waals surface area contributed by atoms with E-state index >= 15 is 0 Å². The predicted molar refractivity (Wildman–Crippen MR) is 122 cm³/mol. The molecule has 0 spiro atoms. The predicted octanol–water partition coefficient (Wildman–Crippen LogP) is 2.48. The number of nitrogens with one attached hydrogen (secondary N) is 2. The molecule has 30 heavy (non-hydrogen) atoms. The third-order valence-electron chi connectivity index (χ3n) is 6.03. The van der Waals surface area contributed by atoms with Crippen molar-refractivity contribution in [2.24, 2.45) is 5.92 Å². The minimum absolute atomic E-state index is 0.0564. The van der Waals surface area contributed by atoms with E-state index in [0.717, 1.165) is 38.3 Å². The van der Waals surface area contributed by atoms with Crippen molar-refractivity contribution in [3.05, 3.63) is 59.7 Å². The first-order chi connectivity index (χ1) is 14.5. The van der Waals surface area contributed by atoms with Gasteiger partial charge in [-0.2, -0.15) is 0 Å². The lowest BCUT2D eigenvalue weighted by Gasteiger charge is -2.34. The Morgan fingerprint density at radius 1 is 1.13 bits per heavy atom. The average Bonchev–Trinajstić information content (AvgIpc) is 2.78. The van der Waals surface area contributed by atoms with Crippen molar-refractivity contribution in [2.45, 2.75) is 33.2 Å². The topological polar surface area (TPSA) is 46.0 Å². The first-order valence-electron chi connectivity index (χ1n) is 11.1. The van der Waals surface area contributed by atoms with Gasteiger partial charge in [0.25, 0.3) is 5.91 Å². The molecule has 1 atom stereocenters. The zero-order valence-corrected chi connectivity index (χ0v) is 18.8. The molecule has 1 aliphatic rings. The number of hydrogen-bond donors (Lipinski definition) is 2. The Hall–Kier alpha value is -2.53. The minimum Gasteiger partial charge on any atom is -0.497 e. The molecule has 0 radical (unpaired) electrons. The van der Waals surface area contributed by atoms with Gasteiger partial charge in [0.15, 0.2) is 6.54 Å². The van der Waals surface area contributed by atoms with Crippen molar-refractivity contribution < 1.29 is 14.4 Å². The Morgan fingerprint density at radius 3 is 2.43 bits per heavy atom. The number of amides is 1. The Labute approximate surface area is 181 Å². The SMILES string of the molecule is CCc1ccc([C@H](NC(=O)C[NH+]2CCN(c3cccc(OC)c3)CC2)C(C)C)cc1. The van der Waals surface area contributed by atoms with Crippen LogP contribution in [0.2, 0.25) is 0 Å². The summed E-state index contributed by atoms with van der Waals surface area (Å²) in [4.78, 5) is 16.5. The monoisotopic (exact) mass is 410 g/mol. The van der Waals surface area contributed by atoms with Crippen LogP contribution in [0.15, 0.2) is 48.5 Å². The van der Waals surface area contributed by atoms with Crippen LogP contribution in [-0.2, 0) is 11.2 Å². The first-order valence-corrected chi connectivity index (χ1v) is 11.1. The van der Waals surface area contributed by atoms with E-state index in [1.54, 1.807) is 7.11 Å². The van der Waals surface area contributed by atoms with E-state index in [2.05, 4.69) is 67.4 Å². The second-order valence-corrected chi connectivity index (χ2v) is 8.50. The van der Waals surface area contributed by atoms with Crippen LogP contribution in [0.1, 0.15) is 37.9 Å². The van der Waals surface area contributed by atoms with E-state index in [-0.39, 0.29) is 11.9 Å². The maximum atomic E-state index is 12.8. The van der Waals surface area contributed by atoms with E-state index in [1.807, 2.05) is 12.1 Å². The molecule has 5 nitrogen and oxygen atoms in total. The van der Waals surface area contributed by atoms with Gasteiger partial charge >= 0.3 is 0 Å². The molecule has 0 saturated carbocycles. The quantitative estimate of drug-likeness (QED) is 0.703. The van der Waals surface area contributed by atoms with Crippen LogP contribution in [0, 0.1) is 5.92 Å². The minimum atomic E-state index is 0.0564. The van der Waals surface area contributed by atoms with Crippen LogP contribution in [0.3, 0.4) is 0 Å². The summed E-state index contributed by atoms with van der Waals surface area (Å²) in [6, 6.07) is 16.9. The molecule has 2 N–H and O–H groups in total. The highest BCUT2D eigenvalue weighted by molar-refractivity contribution is 5.77. The summed E-state index contributed by atoms with van der Waals surface area (Å²) >= 11 is 0. The van der Waals surface area contributed by atoms with Crippen LogP contribution >= 0.6 is 0 Å². The summed E-state index contributed by atoms with van der Waals surface area (Å²) in [6.45, 7) is 10.8. The van der Waals surface area contributed by atoms with Gasteiger partial charge in [-0.1, -0.05) is 51.1 Å². The molecule has 3 rings (SSSR count). The number of quaternary nitrogens is 1. The zero-order valence-electron chi connectivity index (χ0n) is 18.8. The average molecular weight is 411 g/mol. The highest BCUT2D eigenvalue weighted by Gasteiger charge is 2.25. The van der Waals surface area contributed by atoms with Crippen LogP contribution in [0.5, 0.6) is 5.75 Å². The van der Waals surface area contributed by atoms with Crippen molar-refractivity contribution in [1.29, 1.82) is 0 Å². The van der Waals surface area contributed by atoms with E-state index in [9.17, 15) is 4.79 Å². The van der Waals surface area contributed by atoms with Crippen LogP contribution in [0.4, 0.5) is 5.69 Å². The summed E-state index contributed by atoms with van der Waals surface area (Å²) in [5.74, 6) is 1.37. The maximum Gasteiger partial charge on any atom is 0.275 e. The van der Waals surface area contributed by atoms with Gasteiger partial charge in [0.05, 0.1) is 39.3 Å². The normalized spacial score (nSPS) is 15.8. The number of anilines is 1. The Balaban J connectivity index is 1.52. The molecule has 1 aliphatic heterocycles. The van der Waals surface area contributed by atoms with Crippen molar-refractivity contribution in [3.8, 4) is 5.75 Å². The fourth-order valence-electron chi connectivity index (χ4n) is 4.11. The van der Waals surface area contributed by atoms with E-state index < -0.39 is 0 Å². The Kier molecular flexibility index (Phi) is 7.75. The lowest BCUT2D eigenvalue weighted by atomic mass is 9.95. The number of methoxy groups -OCH3 is 1. The number of hydrogen-bond acceptors (Lipinski definition) is 3. The molecular formula is C25H36N3O2+. The van der Waals surface area contributed by atoms with Crippen LogP contribution in [-0.4, -0.2) is 45.7 Å². The number of carbonyl (C=O) groups is 1. The maximum absolute atomic E-state index is 12.8. The fraction of sp³-hybridized carbons (Fsp3) is 0.480. The van der Waals surface area contributed by atoms with Crippen molar-refractivity contribution in [2.75, 3.05) is 44.7 Å². The van der Waals surface area contributed by atoms with Gasteiger partial charge in [-0.3, -0.25) is 4.79 Å². The second kappa shape index (κ2) is 10.5. The van der Waals surface area contributed by atoms with Gasteiger partial charge in [-0.15, -0.1) is 0 Å². The van der Waals surface area contributed by atoms with Gasteiger partial charge in [-0.25, -0.2) is 0 Å². The van der Waals surface area contributed by atoms with Gasteiger partial charge in [-0.05, 0) is 35.6 Å². The third kappa shape index (κ3) is 5.76. The van der Waals surface area contributed by atoms with Gasteiger partial charge < -0.3 is 19.9 Å². The van der Waals surface area contributed by atoms with E-state index in [4.69, 9.17) is 4.74 Å². The highest BCUT2D eigenvalue weighted by Crippen LogP contribution is 2.22. The number of nitrogens with zero attached hydrogens (tertiary/aromatic N) is 1. The summed E-state index contributed by atoms with van der Waals surface area (Å²) in [6.07, 6.45) is 1.03. The number of piperazine rings is 1. The summed E-state index contributed by atoms with van der Waals surface area (Å²) in [5.41, 5.74) is 3.70. The molecule has 2 aromatic carbocycles. The fourth-order valence-corrected chi connectivity index (χ4v) is 4.11. The Bertz CT molecular complexity index is 811. The lowest BCUT2D eigenvalue weighted by Crippen LogP contribution is -3.16. The van der Waals surface area contributed by atoms with Crippen molar-refractivity contribution in [1.82, 2.24) is 5.32 Å². The lowest BCUT2D eigenvalue weighted by molar-refractivity contribution is -0.892. The van der Waals surface area contributed by atoms with Gasteiger partial charge in [0, 0.05) is 11.8 Å². The number of aryl methyl sites for hydroxylation is 1. The van der Waals surface area contributed by atoms with Gasteiger partial charge in [0.2, 0.25) is 0 Å². The van der Waals surface area contributed by atoms with E-state index in [1.165, 1.54) is 21.7 Å². The molecule has 2 aromatic rings. The number of benzene rings is 2. The zero-order chi connectivity index (χ0) is 21.5. The molecule has 1 heterocycles. The first kappa shape index (κ1) is 22.2. The number of rotatable bonds is 8. The molecule has 0 bridgehead atoms. The van der Waals surface area contributed by atoms with Crippen LogP contribution in [0.25, 0.3) is 0 Å². The largest absolute Gasteiger partial charge is 0.497 e. The molecule has 162 valence electrons. The van der Waals surface area contributed by atoms with Crippen molar-refractivity contribution >= 4 is 11.6 Å². The third-order valence-corrected chi connectivity index (χ3v) is 6.03. The highest BCUT2D eigenvalue weighted by atomic mass is 16.5. The molecule has 1 fully saturated rings. The van der Waals surface area contributed by atoms with Gasteiger partial charge in [0.1, 0.15) is 5.75 Å². The van der Waals surface area contributed by atoms with Crippen molar-refractivity contribution in [3.63, 3.8) is 0 Å². The molecule has 1 saturated heterocycles. The molecule has 0 aromatic heterocycles. The molecule has 0 aliphatic carbocycles. The Morgan fingerprint density at radius 2 is 1.83 bits per heavy atom. The molecular weight excluding hydrogens is 374 g/mol.